The van der Waals surface area contributed by atoms with Crippen LogP contribution in [0.3, 0.4) is 0 Å². The minimum absolute atomic E-state index is 0.121. The number of hydrogen-bond donors (Lipinski definition) is 1. The lowest BCUT2D eigenvalue weighted by atomic mass is 10.1. The molecule has 0 saturated carbocycles. The Balaban J connectivity index is 1.77. The van der Waals surface area contributed by atoms with Crippen molar-refractivity contribution in [2.45, 2.75) is 5.25 Å². The van der Waals surface area contributed by atoms with Gasteiger partial charge in [0.25, 0.3) is 5.91 Å². The quantitative estimate of drug-likeness (QED) is 0.845. The monoisotopic (exact) mass is 302 g/mol. The van der Waals surface area contributed by atoms with E-state index in [4.69, 9.17) is 11.6 Å². The van der Waals surface area contributed by atoms with E-state index in [1.54, 1.807) is 18.3 Å². The topological polar surface area (TPSA) is 41.5 Å². The minimum Gasteiger partial charge on any atom is -0.360 e. The van der Waals surface area contributed by atoms with Gasteiger partial charge in [-0.1, -0.05) is 29.8 Å². The lowest BCUT2D eigenvalue weighted by molar-refractivity contribution is -0.113. The van der Waals surface area contributed by atoms with Crippen LogP contribution in [0.25, 0.3) is 0 Å². The predicted molar refractivity (Wildman–Crippen MR) is 85.3 cm³/mol. The van der Waals surface area contributed by atoms with Gasteiger partial charge in [-0.2, -0.15) is 0 Å². The van der Waals surface area contributed by atoms with Gasteiger partial charge < -0.3 is 5.32 Å². The molecule has 1 aromatic carbocycles. The van der Waals surface area contributed by atoms with Crippen LogP contribution in [0.1, 0.15) is 0 Å². The summed E-state index contributed by atoms with van der Waals surface area (Å²) in [6, 6.07) is 7.30. The van der Waals surface area contributed by atoms with Crippen molar-refractivity contribution in [1.29, 1.82) is 0 Å². The van der Waals surface area contributed by atoms with Gasteiger partial charge in [0.2, 0.25) is 0 Å². The average Bonchev–Trinajstić information content (AvgIpc) is 2.47. The molecule has 0 fully saturated rings. The Kier molecular flexibility index (Phi) is 3.76. The molecule has 3 nitrogen and oxygen atoms in total. The first-order chi connectivity index (χ1) is 9.72. The second-order valence-electron chi connectivity index (χ2n) is 4.28. The number of thioether (sulfide) groups is 1. The first kappa shape index (κ1) is 13.2. The normalized spacial score (nSPS) is 22.6. The molecule has 1 aliphatic heterocycles. The summed E-state index contributed by atoms with van der Waals surface area (Å²) in [5, 5.41) is 3.90. The van der Waals surface area contributed by atoms with Crippen LogP contribution in [0.4, 0.5) is 5.69 Å². The van der Waals surface area contributed by atoms with Crippen molar-refractivity contribution in [1.82, 2.24) is 0 Å². The molecule has 1 unspecified atom stereocenters. The highest BCUT2D eigenvalue weighted by molar-refractivity contribution is 8.05. The molecule has 0 spiro atoms. The number of fused-ring (bicyclic) bond motifs is 1. The van der Waals surface area contributed by atoms with Gasteiger partial charge in [-0.05, 0) is 30.3 Å². The summed E-state index contributed by atoms with van der Waals surface area (Å²) in [6.07, 6.45) is 9.47. The summed E-state index contributed by atoms with van der Waals surface area (Å²) in [7, 11) is 0. The van der Waals surface area contributed by atoms with Crippen molar-refractivity contribution in [2.75, 3.05) is 5.32 Å². The molecular formula is C15H11ClN2OS. The predicted octanol–water partition coefficient (Wildman–Crippen LogP) is 3.80. The summed E-state index contributed by atoms with van der Waals surface area (Å²) in [6.45, 7) is 0. The number of nitrogens with one attached hydrogen (secondary N) is 1. The van der Waals surface area contributed by atoms with Gasteiger partial charge in [-0.3, -0.25) is 4.79 Å². The number of anilines is 1. The van der Waals surface area contributed by atoms with E-state index in [9.17, 15) is 4.79 Å². The van der Waals surface area contributed by atoms with E-state index in [0.717, 1.165) is 11.4 Å². The number of carbonyl (C=O) groups is 1. The lowest BCUT2D eigenvalue weighted by Crippen LogP contribution is -2.22. The molecule has 0 bridgehead atoms. The highest BCUT2D eigenvalue weighted by atomic mass is 35.5. The summed E-state index contributed by atoms with van der Waals surface area (Å²) >= 11 is 7.33. The fraction of sp³-hybridized carbons (Fsp3) is 0.0667. The van der Waals surface area contributed by atoms with Gasteiger partial charge in [0.15, 0.2) is 0 Å². The maximum absolute atomic E-state index is 11.9. The van der Waals surface area contributed by atoms with Crippen molar-refractivity contribution < 1.29 is 4.79 Å². The van der Waals surface area contributed by atoms with Gasteiger partial charge in [0, 0.05) is 16.9 Å². The van der Waals surface area contributed by atoms with Crippen LogP contribution < -0.4 is 5.32 Å². The molecule has 0 aromatic heterocycles. The molecule has 3 rings (SSSR count). The fourth-order valence-electron chi connectivity index (χ4n) is 1.86. The van der Waals surface area contributed by atoms with Gasteiger partial charge in [-0.25, -0.2) is 4.99 Å². The Labute approximate surface area is 126 Å². The number of rotatable bonds is 2. The smallest absolute Gasteiger partial charge is 0.285 e. The summed E-state index contributed by atoms with van der Waals surface area (Å²) in [5.41, 5.74) is 1.69. The lowest BCUT2D eigenvalue weighted by Gasteiger charge is -2.20. The standard InChI is InChI=1S/C15H11ClN2OS/c16-10-5-7-11(8-6-10)17-9-14-15(19)18-12-3-1-2-4-13(12)20-14/h1-9,13,17H/b14-9+. The molecule has 1 aromatic rings. The van der Waals surface area contributed by atoms with E-state index in [-0.39, 0.29) is 11.2 Å². The van der Waals surface area contributed by atoms with E-state index in [1.165, 1.54) is 11.8 Å². The third kappa shape index (κ3) is 2.86. The number of allylic oxidation sites excluding steroid dienone is 3. The number of aliphatic imine (C=N–C) groups is 1. The number of halogens is 1. The fourth-order valence-corrected chi connectivity index (χ4v) is 2.96. The molecule has 2 aliphatic rings. The summed E-state index contributed by atoms with van der Waals surface area (Å²) in [5.74, 6) is -0.206. The Hall–Kier alpha value is -1.78. The molecular weight excluding hydrogens is 292 g/mol. The number of amides is 1. The van der Waals surface area contributed by atoms with E-state index >= 15 is 0 Å². The van der Waals surface area contributed by atoms with Crippen LogP contribution >= 0.6 is 23.4 Å². The number of hydrogen-bond acceptors (Lipinski definition) is 3. The molecule has 5 heteroatoms. The molecule has 1 heterocycles. The Bertz CT molecular complexity index is 659. The van der Waals surface area contributed by atoms with Crippen molar-refractivity contribution in [3.63, 3.8) is 0 Å². The maximum Gasteiger partial charge on any atom is 0.285 e. The second kappa shape index (κ2) is 5.69. The maximum atomic E-state index is 11.9. The van der Waals surface area contributed by atoms with Crippen molar-refractivity contribution in [3.8, 4) is 0 Å². The van der Waals surface area contributed by atoms with E-state index in [2.05, 4.69) is 10.3 Å². The Morgan fingerprint density at radius 1 is 1.25 bits per heavy atom. The SMILES string of the molecule is O=C1N=C2C=CC=CC2S/C1=C/Nc1ccc(Cl)cc1. The average molecular weight is 303 g/mol. The second-order valence-corrected chi connectivity index (χ2v) is 5.90. The third-order valence-corrected chi connectivity index (χ3v) is 4.32. The van der Waals surface area contributed by atoms with E-state index < -0.39 is 0 Å². The molecule has 20 heavy (non-hydrogen) atoms. The largest absolute Gasteiger partial charge is 0.360 e. The molecule has 1 atom stereocenters. The van der Waals surface area contributed by atoms with Gasteiger partial charge in [0.1, 0.15) is 0 Å². The molecule has 100 valence electrons. The molecule has 0 saturated heterocycles. The van der Waals surface area contributed by atoms with Crippen molar-refractivity contribution in [3.05, 3.63) is 64.7 Å². The number of carbonyl (C=O) groups excluding carboxylic acids is 1. The van der Waals surface area contributed by atoms with Crippen LogP contribution in [0, 0.1) is 0 Å². The van der Waals surface area contributed by atoms with Crippen LogP contribution in [-0.4, -0.2) is 16.9 Å². The van der Waals surface area contributed by atoms with Crippen LogP contribution in [0.2, 0.25) is 5.02 Å². The van der Waals surface area contributed by atoms with Crippen molar-refractivity contribution in [2.24, 2.45) is 4.99 Å². The first-order valence-electron chi connectivity index (χ1n) is 6.09. The zero-order chi connectivity index (χ0) is 13.9. The van der Waals surface area contributed by atoms with Crippen LogP contribution in [-0.2, 0) is 4.79 Å². The third-order valence-electron chi connectivity index (χ3n) is 2.87. The Morgan fingerprint density at radius 3 is 2.85 bits per heavy atom. The van der Waals surface area contributed by atoms with Crippen LogP contribution in [0.15, 0.2) is 64.7 Å². The molecule has 0 radical (unpaired) electrons. The van der Waals surface area contributed by atoms with Crippen molar-refractivity contribution >= 4 is 40.7 Å². The molecule has 1 amide bonds. The van der Waals surface area contributed by atoms with E-state index in [1.807, 2.05) is 36.4 Å². The van der Waals surface area contributed by atoms with Gasteiger partial charge in [-0.15, -0.1) is 11.8 Å². The Morgan fingerprint density at radius 2 is 2.05 bits per heavy atom. The minimum atomic E-state index is -0.206. The van der Waals surface area contributed by atoms with E-state index in [0.29, 0.717) is 9.93 Å². The summed E-state index contributed by atoms with van der Waals surface area (Å²) in [4.78, 5) is 16.6. The zero-order valence-electron chi connectivity index (χ0n) is 10.4. The molecule has 1 N–H and O–H groups in total. The highest BCUT2D eigenvalue weighted by Crippen LogP contribution is 2.31. The van der Waals surface area contributed by atoms with Gasteiger partial charge >= 0.3 is 0 Å². The summed E-state index contributed by atoms with van der Waals surface area (Å²) < 4.78 is 0. The highest BCUT2D eigenvalue weighted by Gasteiger charge is 2.25. The molecule has 1 aliphatic carbocycles. The zero-order valence-corrected chi connectivity index (χ0v) is 12.0. The number of benzene rings is 1. The van der Waals surface area contributed by atoms with Crippen LogP contribution in [0.5, 0.6) is 0 Å². The first-order valence-corrected chi connectivity index (χ1v) is 7.35. The van der Waals surface area contributed by atoms with Gasteiger partial charge in [0.05, 0.1) is 15.9 Å². The number of nitrogens with zero attached hydrogens (tertiary/aromatic N) is 1.